The number of fused-ring (bicyclic) bond motifs is 3. The summed E-state index contributed by atoms with van der Waals surface area (Å²) in [6.45, 7) is 1.72. The molecule has 108 valence electrons. The van der Waals surface area contributed by atoms with Crippen LogP contribution in [0.25, 0.3) is 0 Å². The molecule has 2 heterocycles. The fourth-order valence-electron chi connectivity index (χ4n) is 3.65. The Morgan fingerprint density at radius 1 is 1.05 bits per heavy atom. The van der Waals surface area contributed by atoms with Crippen molar-refractivity contribution in [1.82, 2.24) is 5.32 Å². The first-order valence-corrected chi connectivity index (χ1v) is 7.29. The molecule has 2 aromatic carbocycles. The molecule has 2 aliphatic heterocycles. The fraction of sp³-hybridized carbons (Fsp3) is 0.294. The first-order chi connectivity index (χ1) is 10.3. The van der Waals surface area contributed by atoms with Crippen molar-refractivity contribution >= 4 is 11.4 Å². The summed E-state index contributed by atoms with van der Waals surface area (Å²) in [5.41, 5.74) is 2.50. The molecule has 0 bridgehead atoms. The van der Waals surface area contributed by atoms with Crippen LogP contribution in [0.2, 0.25) is 0 Å². The quantitative estimate of drug-likeness (QED) is 0.862. The molecule has 2 aromatic rings. The summed E-state index contributed by atoms with van der Waals surface area (Å²) in [6.07, 6.45) is 0.926. The average Bonchev–Trinajstić information content (AvgIpc) is 2.82. The molecule has 2 unspecified atom stereocenters. The molecule has 1 saturated heterocycles. The number of halogens is 2. The summed E-state index contributed by atoms with van der Waals surface area (Å²) >= 11 is 0. The van der Waals surface area contributed by atoms with Crippen LogP contribution in [0.3, 0.4) is 0 Å². The van der Waals surface area contributed by atoms with Gasteiger partial charge in [-0.2, -0.15) is 0 Å². The van der Waals surface area contributed by atoms with Crippen LogP contribution in [0.4, 0.5) is 20.2 Å². The molecule has 2 aliphatic rings. The summed E-state index contributed by atoms with van der Waals surface area (Å²) in [5.74, 6) is -0.246. The summed E-state index contributed by atoms with van der Waals surface area (Å²) in [5, 5.41) is 3.36. The Hall–Kier alpha value is -1.94. The summed E-state index contributed by atoms with van der Waals surface area (Å²) in [4.78, 5) is 2.05. The minimum atomic E-state index is -0.230. The van der Waals surface area contributed by atoms with Crippen molar-refractivity contribution < 1.29 is 8.78 Å². The second kappa shape index (κ2) is 4.81. The zero-order valence-electron chi connectivity index (χ0n) is 11.5. The molecule has 4 rings (SSSR count). The number of benzene rings is 2. The lowest BCUT2D eigenvalue weighted by molar-refractivity contribution is 0.417. The average molecular weight is 286 g/mol. The Morgan fingerprint density at radius 2 is 1.90 bits per heavy atom. The molecule has 2 atom stereocenters. The SMILES string of the molecule is Fc1ccc2c(c1)C1CNCCC1N2c1ccccc1F. The van der Waals surface area contributed by atoms with E-state index in [1.54, 1.807) is 24.3 Å². The predicted octanol–water partition coefficient (Wildman–Crippen LogP) is 3.56. The number of anilines is 2. The van der Waals surface area contributed by atoms with Crippen LogP contribution in [0, 0.1) is 11.6 Å². The van der Waals surface area contributed by atoms with Gasteiger partial charge in [-0.3, -0.25) is 0 Å². The van der Waals surface area contributed by atoms with E-state index in [4.69, 9.17) is 0 Å². The number of nitrogens with one attached hydrogen (secondary N) is 1. The van der Waals surface area contributed by atoms with Gasteiger partial charge in [0.1, 0.15) is 11.6 Å². The minimum Gasteiger partial charge on any atom is -0.335 e. The van der Waals surface area contributed by atoms with Gasteiger partial charge in [0.05, 0.1) is 5.69 Å². The maximum absolute atomic E-state index is 14.2. The van der Waals surface area contributed by atoms with E-state index in [1.165, 1.54) is 12.1 Å². The van der Waals surface area contributed by atoms with Gasteiger partial charge in [0.25, 0.3) is 0 Å². The Morgan fingerprint density at radius 3 is 2.76 bits per heavy atom. The van der Waals surface area contributed by atoms with E-state index in [0.717, 1.165) is 30.8 Å². The lowest BCUT2D eigenvalue weighted by Crippen LogP contribution is -2.42. The number of hydrogen-bond acceptors (Lipinski definition) is 2. The third-order valence-corrected chi connectivity index (χ3v) is 4.54. The first-order valence-electron chi connectivity index (χ1n) is 7.29. The van der Waals surface area contributed by atoms with E-state index in [0.29, 0.717) is 5.69 Å². The van der Waals surface area contributed by atoms with Gasteiger partial charge in [0.15, 0.2) is 0 Å². The normalized spacial score (nSPS) is 23.8. The second-order valence-electron chi connectivity index (χ2n) is 5.69. The Labute approximate surface area is 122 Å². The lowest BCUT2D eigenvalue weighted by atomic mass is 9.90. The molecule has 1 fully saturated rings. The highest BCUT2D eigenvalue weighted by molar-refractivity contribution is 5.73. The number of hydrogen-bond donors (Lipinski definition) is 1. The Bertz CT molecular complexity index is 686. The molecule has 21 heavy (non-hydrogen) atoms. The van der Waals surface area contributed by atoms with Gasteiger partial charge in [-0.1, -0.05) is 12.1 Å². The zero-order chi connectivity index (χ0) is 14.4. The Kier molecular flexibility index (Phi) is 2.93. The second-order valence-corrected chi connectivity index (χ2v) is 5.69. The molecule has 0 aromatic heterocycles. The summed E-state index contributed by atoms with van der Waals surface area (Å²) in [7, 11) is 0. The van der Waals surface area contributed by atoms with Gasteiger partial charge in [0, 0.05) is 24.2 Å². The van der Waals surface area contributed by atoms with Gasteiger partial charge in [-0.15, -0.1) is 0 Å². The molecule has 0 spiro atoms. The zero-order valence-corrected chi connectivity index (χ0v) is 11.5. The maximum Gasteiger partial charge on any atom is 0.146 e. The molecular formula is C17H16F2N2. The summed E-state index contributed by atoms with van der Waals surface area (Å²) < 4.78 is 27.9. The third-order valence-electron chi connectivity index (χ3n) is 4.54. The van der Waals surface area contributed by atoms with Crippen molar-refractivity contribution in [2.45, 2.75) is 18.4 Å². The molecule has 0 aliphatic carbocycles. The van der Waals surface area contributed by atoms with E-state index in [9.17, 15) is 8.78 Å². The van der Waals surface area contributed by atoms with Crippen molar-refractivity contribution in [1.29, 1.82) is 0 Å². The van der Waals surface area contributed by atoms with Crippen molar-refractivity contribution in [3.8, 4) is 0 Å². The predicted molar refractivity (Wildman–Crippen MR) is 79.0 cm³/mol. The molecule has 4 heteroatoms. The Balaban J connectivity index is 1.89. The van der Waals surface area contributed by atoms with Gasteiger partial charge >= 0.3 is 0 Å². The minimum absolute atomic E-state index is 0.194. The van der Waals surface area contributed by atoms with Crippen LogP contribution in [0.5, 0.6) is 0 Å². The van der Waals surface area contributed by atoms with Crippen LogP contribution in [-0.4, -0.2) is 19.1 Å². The topological polar surface area (TPSA) is 15.3 Å². The number of nitrogens with zero attached hydrogens (tertiary/aromatic N) is 1. The highest BCUT2D eigenvalue weighted by atomic mass is 19.1. The third kappa shape index (κ3) is 1.94. The van der Waals surface area contributed by atoms with Gasteiger partial charge in [0.2, 0.25) is 0 Å². The standard InChI is InChI=1S/C17H16F2N2/c18-11-5-6-15-12(9-11)13-10-20-8-7-16(13)21(15)17-4-2-1-3-14(17)19/h1-6,9,13,16,20H,7-8,10H2. The highest BCUT2D eigenvalue weighted by Crippen LogP contribution is 2.47. The summed E-state index contributed by atoms with van der Waals surface area (Å²) in [6, 6.07) is 11.8. The molecular weight excluding hydrogens is 270 g/mol. The van der Waals surface area contributed by atoms with Crippen molar-refractivity contribution in [2.75, 3.05) is 18.0 Å². The smallest absolute Gasteiger partial charge is 0.146 e. The van der Waals surface area contributed by atoms with Crippen molar-refractivity contribution in [3.63, 3.8) is 0 Å². The fourth-order valence-corrected chi connectivity index (χ4v) is 3.65. The molecule has 0 radical (unpaired) electrons. The van der Waals surface area contributed by atoms with Crippen molar-refractivity contribution in [3.05, 3.63) is 59.7 Å². The van der Waals surface area contributed by atoms with Crippen LogP contribution in [0.15, 0.2) is 42.5 Å². The monoisotopic (exact) mass is 286 g/mol. The van der Waals surface area contributed by atoms with Crippen molar-refractivity contribution in [2.24, 2.45) is 0 Å². The van der Waals surface area contributed by atoms with Crippen LogP contribution < -0.4 is 10.2 Å². The highest BCUT2D eigenvalue weighted by Gasteiger charge is 2.41. The lowest BCUT2D eigenvalue weighted by Gasteiger charge is -2.34. The molecule has 2 nitrogen and oxygen atoms in total. The van der Waals surface area contributed by atoms with E-state index >= 15 is 0 Å². The molecule has 1 N–H and O–H groups in total. The van der Waals surface area contributed by atoms with Gasteiger partial charge in [-0.25, -0.2) is 8.78 Å². The maximum atomic E-state index is 14.2. The number of para-hydroxylation sites is 1. The number of piperidine rings is 1. The van der Waals surface area contributed by atoms with Crippen LogP contribution in [0.1, 0.15) is 17.9 Å². The number of rotatable bonds is 1. The van der Waals surface area contributed by atoms with E-state index < -0.39 is 0 Å². The molecule has 0 amide bonds. The molecule has 0 saturated carbocycles. The van der Waals surface area contributed by atoms with Crippen LogP contribution in [-0.2, 0) is 0 Å². The van der Waals surface area contributed by atoms with E-state index in [1.807, 2.05) is 6.07 Å². The van der Waals surface area contributed by atoms with E-state index in [2.05, 4.69) is 10.2 Å². The first kappa shape index (κ1) is 12.8. The van der Waals surface area contributed by atoms with Gasteiger partial charge in [-0.05, 0) is 48.9 Å². The van der Waals surface area contributed by atoms with E-state index in [-0.39, 0.29) is 23.6 Å². The van der Waals surface area contributed by atoms with Gasteiger partial charge < -0.3 is 10.2 Å². The van der Waals surface area contributed by atoms with Crippen LogP contribution >= 0.6 is 0 Å². The largest absolute Gasteiger partial charge is 0.335 e.